The Morgan fingerprint density at radius 2 is 1.65 bits per heavy atom. The number of allylic oxidation sites excluding steroid dienone is 4. The van der Waals surface area contributed by atoms with Crippen LogP contribution in [0.3, 0.4) is 0 Å². The molecule has 1 aliphatic rings. The van der Waals surface area contributed by atoms with Crippen LogP contribution in [0.25, 0.3) is 0 Å². The van der Waals surface area contributed by atoms with E-state index in [9.17, 15) is 9.59 Å². The molecule has 3 rings (SSSR count). The van der Waals surface area contributed by atoms with Crippen molar-refractivity contribution in [2.24, 2.45) is 0 Å². The summed E-state index contributed by atoms with van der Waals surface area (Å²) in [6, 6.07) is 19.3. The first-order valence-corrected chi connectivity index (χ1v) is 10.8. The second kappa shape index (κ2) is 11.7. The summed E-state index contributed by atoms with van der Waals surface area (Å²) in [5.41, 5.74) is 3.68. The maximum absolute atomic E-state index is 12.5. The van der Waals surface area contributed by atoms with Gasteiger partial charge in [-0.2, -0.15) is 0 Å². The molecular formula is C27H29NO3. The highest BCUT2D eigenvalue weighted by molar-refractivity contribution is 5.81. The van der Waals surface area contributed by atoms with Gasteiger partial charge in [-0.25, -0.2) is 0 Å². The SMILES string of the molecule is CCC=CC=C1CC(OC(=O)Cc2ccccc2)CC=C1NC(=O)Cc1ccccc1. The van der Waals surface area contributed by atoms with Gasteiger partial charge in [0, 0.05) is 18.5 Å². The molecule has 31 heavy (non-hydrogen) atoms. The fraction of sp³-hybridized carbons (Fsp3) is 0.259. The van der Waals surface area contributed by atoms with Crippen LogP contribution in [0.15, 0.2) is 96.2 Å². The molecule has 0 bridgehead atoms. The number of benzene rings is 2. The topological polar surface area (TPSA) is 55.4 Å². The summed E-state index contributed by atoms with van der Waals surface area (Å²) in [6.07, 6.45) is 10.4. The van der Waals surface area contributed by atoms with E-state index < -0.39 is 0 Å². The number of rotatable bonds is 8. The normalized spacial score (nSPS) is 17.4. The Kier molecular flexibility index (Phi) is 8.41. The summed E-state index contributed by atoms with van der Waals surface area (Å²) >= 11 is 0. The minimum Gasteiger partial charge on any atom is -0.461 e. The summed E-state index contributed by atoms with van der Waals surface area (Å²) in [5.74, 6) is -0.285. The smallest absolute Gasteiger partial charge is 0.310 e. The molecule has 2 aromatic rings. The quantitative estimate of drug-likeness (QED) is 0.613. The fourth-order valence-electron chi connectivity index (χ4n) is 3.48. The Morgan fingerprint density at radius 3 is 2.29 bits per heavy atom. The molecule has 0 saturated heterocycles. The maximum Gasteiger partial charge on any atom is 0.310 e. The zero-order valence-corrected chi connectivity index (χ0v) is 17.9. The van der Waals surface area contributed by atoms with E-state index in [4.69, 9.17) is 4.74 Å². The van der Waals surface area contributed by atoms with Gasteiger partial charge in [0.05, 0.1) is 12.8 Å². The summed E-state index contributed by atoms with van der Waals surface area (Å²) in [5, 5.41) is 3.04. The predicted molar refractivity (Wildman–Crippen MR) is 123 cm³/mol. The van der Waals surface area contributed by atoms with Crippen LogP contribution >= 0.6 is 0 Å². The molecular weight excluding hydrogens is 386 g/mol. The molecule has 4 heteroatoms. The van der Waals surface area contributed by atoms with Gasteiger partial charge in [-0.1, -0.05) is 91.9 Å². The van der Waals surface area contributed by atoms with Crippen molar-refractivity contribution in [3.05, 3.63) is 107 Å². The van der Waals surface area contributed by atoms with E-state index in [1.165, 1.54) is 0 Å². The molecule has 1 amide bonds. The van der Waals surface area contributed by atoms with Crippen LogP contribution < -0.4 is 5.32 Å². The number of ether oxygens (including phenoxy) is 1. The molecule has 2 aromatic carbocycles. The second-order valence-electron chi connectivity index (χ2n) is 7.57. The lowest BCUT2D eigenvalue weighted by Crippen LogP contribution is -2.30. The van der Waals surface area contributed by atoms with E-state index in [2.05, 4.69) is 18.3 Å². The lowest BCUT2D eigenvalue weighted by Gasteiger charge is -2.25. The van der Waals surface area contributed by atoms with Crippen molar-refractivity contribution < 1.29 is 14.3 Å². The van der Waals surface area contributed by atoms with Crippen LogP contribution in [-0.4, -0.2) is 18.0 Å². The molecule has 0 aliphatic heterocycles. The number of hydrogen-bond donors (Lipinski definition) is 1. The lowest BCUT2D eigenvalue weighted by molar-refractivity contribution is -0.148. The maximum atomic E-state index is 12.5. The van der Waals surface area contributed by atoms with Gasteiger partial charge in [-0.15, -0.1) is 0 Å². The van der Waals surface area contributed by atoms with Crippen molar-refractivity contribution in [1.29, 1.82) is 0 Å². The van der Waals surface area contributed by atoms with E-state index in [0.29, 0.717) is 19.3 Å². The van der Waals surface area contributed by atoms with Gasteiger partial charge in [0.25, 0.3) is 0 Å². The van der Waals surface area contributed by atoms with Crippen molar-refractivity contribution in [3.63, 3.8) is 0 Å². The van der Waals surface area contributed by atoms with Gasteiger partial charge < -0.3 is 10.1 Å². The highest BCUT2D eigenvalue weighted by Gasteiger charge is 2.23. The van der Waals surface area contributed by atoms with Crippen molar-refractivity contribution in [2.75, 3.05) is 0 Å². The van der Waals surface area contributed by atoms with Crippen LogP contribution in [0.5, 0.6) is 0 Å². The highest BCUT2D eigenvalue weighted by Crippen LogP contribution is 2.25. The van der Waals surface area contributed by atoms with Crippen molar-refractivity contribution in [3.8, 4) is 0 Å². The number of esters is 1. The average Bonchev–Trinajstić information content (AvgIpc) is 2.77. The molecule has 1 aliphatic carbocycles. The van der Waals surface area contributed by atoms with Crippen molar-refractivity contribution >= 4 is 11.9 Å². The minimum absolute atomic E-state index is 0.0534. The van der Waals surface area contributed by atoms with Gasteiger partial charge in [-0.05, 0) is 23.1 Å². The number of nitrogens with one attached hydrogen (secondary N) is 1. The first kappa shape index (κ1) is 22.3. The zero-order chi connectivity index (χ0) is 21.9. The van der Waals surface area contributed by atoms with Gasteiger partial charge in [-0.3, -0.25) is 9.59 Å². The zero-order valence-electron chi connectivity index (χ0n) is 17.9. The largest absolute Gasteiger partial charge is 0.461 e. The molecule has 0 radical (unpaired) electrons. The molecule has 160 valence electrons. The Morgan fingerprint density at radius 1 is 1.00 bits per heavy atom. The molecule has 1 atom stereocenters. The molecule has 4 nitrogen and oxygen atoms in total. The van der Waals surface area contributed by atoms with Gasteiger partial charge in [0.2, 0.25) is 5.91 Å². The van der Waals surface area contributed by atoms with Crippen LogP contribution in [0.2, 0.25) is 0 Å². The predicted octanol–water partition coefficient (Wildman–Crippen LogP) is 5.07. The van der Waals surface area contributed by atoms with E-state index >= 15 is 0 Å². The van der Waals surface area contributed by atoms with Gasteiger partial charge in [0.15, 0.2) is 0 Å². The third-order valence-electron chi connectivity index (χ3n) is 5.02. The van der Waals surface area contributed by atoms with Crippen LogP contribution in [0.1, 0.15) is 37.3 Å². The van der Waals surface area contributed by atoms with Crippen LogP contribution in [0.4, 0.5) is 0 Å². The Labute approximate surface area is 184 Å². The summed E-state index contributed by atoms with van der Waals surface area (Å²) < 4.78 is 5.72. The molecule has 0 aromatic heterocycles. The van der Waals surface area contributed by atoms with E-state index in [1.807, 2.05) is 78.9 Å². The number of amides is 1. The molecule has 1 N–H and O–H groups in total. The molecule has 0 spiro atoms. The minimum atomic E-state index is -0.232. The van der Waals surface area contributed by atoms with E-state index in [-0.39, 0.29) is 24.4 Å². The van der Waals surface area contributed by atoms with Crippen LogP contribution in [-0.2, 0) is 27.2 Å². The Balaban J connectivity index is 1.64. The highest BCUT2D eigenvalue weighted by atomic mass is 16.5. The molecule has 0 saturated carbocycles. The molecule has 0 fully saturated rings. The fourth-order valence-corrected chi connectivity index (χ4v) is 3.48. The second-order valence-corrected chi connectivity index (χ2v) is 7.57. The number of hydrogen-bond acceptors (Lipinski definition) is 3. The third-order valence-corrected chi connectivity index (χ3v) is 5.02. The Hall–Kier alpha value is -3.40. The van der Waals surface area contributed by atoms with Crippen molar-refractivity contribution in [2.45, 2.75) is 45.1 Å². The standard InChI is InChI=1S/C27H29NO3/c1-2-3-6-15-23-20-24(31-27(30)19-22-13-9-5-10-14-22)16-17-25(23)28-26(29)18-21-11-7-4-8-12-21/h3-15,17,24H,2,16,18-20H2,1H3,(H,28,29). The summed E-state index contributed by atoms with van der Waals surface area (Å²) in [6.45, 7) is 2.07. The van der Waals surface area contributed by atoms with Gasteiger partial charge in [0.1, 0.15) is 6.10 Å². The lowest BCUT2D eigenvalue weighted by atomic mass is 9.95. The van der Waals surface area contributed by atoms with E-state index in [0.717, 1.165) is 28.8 Å². The monoisotopic (exact) mass is 415 g/mol. The Bertz CT molecular complexity index is 958. The summed E-state index contributed by atoms with van der Waals surface area (Å²) in [4.78, 5) is 24.9. The van der Waals surface area contributed by atoms with Crippen molar-refractivity contribution in [1.82, 2.24) is 5.32 Å². The van der Waals surface area contributed by atoms with Crippen LogP contribution in [0, 0.1) is 0 Å². The van der Waals surface area contributed by atoms with E-state index in [1.54, 1.807) is 0 Å². The number of carbonyl (C=O) groups excluding carboxylic acids is 2. The first-order chi connectivity index (χ1) is 15.1. The van der Waals surface area contributed by atoms with Gasteiger partial charge >= 0.3 is 5.97 Å². The third kappa shape index (κ3) is 7.41. The molecule has 0 heterocycles. The summed E-state index contributed by atoms with van der Waals surface area (Å²) in [7, 11) is 0. The number of carbonyl (C=O) groups is 2. The average molecular weight is 416 g/mol. The first-order valence-electron chi connectivity index (χ1n) is 10.8. The molecule has 1 unspecified atom stereocenters.